The predicted molar refractivity (Wildman–Crippen MR) is 73.4 cm³/mol. The Labute approximate surface area is 118 Å². The van der Waals surface area contributed by atoms with Gasteiger partial charge in [0.1, 0.15) is 27.9 Å². The van der Waals surface area contributed by atoms with Crippen molar-refractivity contribution < 1.29 is 8.78 Å². The minimum Gasteiger partial charge on any atom is -0.340 e. The van der Waals surface area contributed by atoms with Gasteiger partial charge >= 0.3 is 0 Å². The molecular weight excluding hydrogens is 316 g/mol. The van der Waals surface area contributed by atoms with E-state index in [9.17, 15) is 8.78 Å². The first-order valence-corrected chi connectivity index (χ1v) is 6.62. The molecule has 0 radical (unpaired) electrons. The number of rotatable bonds is 4. The standard InChI is InChI=1S/C13H12BrF2N3/c1-2-3-12-18-11(14)7-13(19-12)17-10-5-8(15)4-9(16)6-10/h4-7H,2-3H2,1H3,(H,17,18,19). The summed E-state index contributed by atoms with van der Waals surface area (Å²) < 4.78 is 26.8. The zero-order valence-corrected chi connectivity index (χ0v) is 11.8. The van der Waals surface area contributed by atoms with Gasteiger partial charge in [0.05, 0.1) is 0 Å². The highest BCUT2D eigenvalue weighted by molar-refractivity contribution is 9.10. The van der Waals surface area contributed by atoms with E-state index in [0.29, 0.717) is 21.9 Å². The minimum absolute atomic E-state index is 0.311. The van der Waals surface area contributed by atoms with Gasteiger partial charge in [0.25, 0.3) is 0 Å². The summed E-state index contributed by atoms with van der Waals surface area (Å²) in [7, 11) is 0. The second-order valence-electron chi connectivity index (χ2n) is 4.03. The Morgan fingerprint density at radius 2 is 1.79 bits per heavy atom. The fourth-order valence-corrected chi connectivity index (χ4v) is 2.06. The van der Waals surface area contributed by atoms with E-state index in [1.807, 2.05) is 6.92 Å². The molecule has 0 unspecified atom stereocenters. The highest BCUT2D eigenvalue weighted by Gasteiger charge is 2.05. The molecule has 0 spiro atoms. The third-order valence-electron chi connectivity index (χ3n) is 2.35. The van der Waals surface area contributed by atoms with Gasteiger partial charge in [-0.2, -0.15) is 0 Å². The highest BCUT2D eigenvalue weighted by Crippen LogP contribution is 2.20. The Bertz CT molecular complexity index is 570. The van der Waals surface area contributed by atoms with Crippen molar-refractivity contribution in [3.05, 3.63) is 46.3 Å². The maximum absolute atomic E-state index is 13.1. The SMILES string of the molecule is CCCc1nc(Br)cc(Nc2cc(F)cc(F)c2)n1. The molecule has 0 aliphatic carbocycles. The molecule has 2 aromatic rings. The summed E-state index contributed by atoms with van der Waals surface area (Å²) >= 11 is 3.29. The summed E-state index contributed by atoms with van der Waals surface area (Å²) in [4.78, 5) is 8.50. The fraction of sp³-hybridized carbons (Fsp3) is 0.231. The Hall–Kier alpha value is -1.56. The van der Waals surface area contributed by atoms with E-state index in [2.05, 4.69) is 31.2 Å². The lowest BCUT2D eigenvalue weighted by Crippen LogP contribution is -2.01. The molecule has 0 amide bonds. The van der Waals surface area contributed by atoms with Gasteiger partial charge in [-0.05, 0) is 34.5 Å². The smallest absolute Gasteiger partial charge is 0.135 e. The van der Waals surface area contributed by atoms with Gasteiger partial charge in [-0.1, -0.05) is 6.92 Å². The van der Waals surface area contributed by atoms with Crippen molar-refractivity contribution in [2.24, 2.45) is 0 Å². The number of aryl methyl sites for hydroxylation is 1. The van der Waals surface area contributed by atoms with Crippen molar-refractivity contribution in [1.82, 2.24) is 9.97 Å². The van der Waals surface area contributed by atoms with E-state index in [1.165, 1.54) is 12.1 Å². The number of anilines is 2. The van der Waals surface area contributed by atoms with Crippen LogP contribution in [0.1, 0.15) is 19.2 Å². The molecule has 100 valence electrons. The Kier molecular flexibility index (Phi) is 4.42. The zero-order valence-electron chi connectivity index (χ0n) is 10.3. The summed E-state index contributed by atoms with van der Waals surface area (Å²) in [5, 5.41) is 2.86. The van der Waals surface area contributed by atoms with E-state index in [1.54, 1.807) is 6.07 Å². The summed E-state index contributed by atoms with van der Waals surface area (Å²) in [6.45, 7) is 2.03. The number of nitrogens with one attached hydrogen (secondary N) is 1. The number of hydrogen-bond donors (Lipinski definition) is 1. The molecule has 1 N–H and O–H groups in total. The first-order valence-electron chi connectivity index (χ1n) is 5.83. The molecule has 1 aromatic heterocycles. The van der Waals surface area contributed by atoms with Gasteiger partial charge < -0.3 is 5.32 Å². The summed E-state index contributed by atoms with van der Waals surface area (Å²) in [6, 6.07) is 4.89. The van der Waals surface area contributed by atoms with E-state index >= 15 is 0 Å². The van der Waals surface area contributed by atoms with Crippen LogP contribution in [0.4, 0.5) is 20.3 Å². The minimum atomic E-state index is -0.635. The van der Waals surface area contributed by atoms with Crippen molar-refractivity contribution in [3.8, 4) is 0 Å². The molecule has 0 atom stereocenters. The molecule has 0 fully saturated rings. The topological polar surface area (TPSA) is 37.8 Å². The van der Waals surface area contributed by atoms with E-state index in [-0.39, 0.29) is 0 Å². The number of benzene rings is 1. The van der Waals surface area contributed by atoms with Crippen LogP contribution in [0.15, 0.2) is 28.9 Å². The van der Waals surface area contributed by atoms with Crippen molar-refractivity contribution in [2.45, 2.75) is 19.8 Å². The lowest BCUT2D eigenvalue weighted by molar-refractivity contribution is 0.584. The van der Waals surface area contributed by atoms with Crippen LogP contribution in [-0.4, -0.2) is 9.97 Å². The van der Waals surface area contributed by atoms with Crippen molar-refractivity contribution in [3.63, 3.8) is 0 Å². The van der Waals surface area contributed by atoms with Crippen LogP contribution in [0.2, 0.25) is 0 Å². The first-order chi connectivity index (χ1) is 9.06. The van der Waals surface area contributed by atoms with Gasteiger partial charge in [-0.25, -0.2) is 18.7 Å². The molecule has 0 bridgehead atoms. The van der Waals surface area contributed by atoms with Crippen LogP contribution in [0.25, 0.3) is 0 Å². The first kappa shape index (κ1) is 13.9. The van der Waals surface area contributed by atoms with Gasteiger partial charge in [-0.15, -0.1) is 0 Å². The normalized spacial score (nSPS) is 10.5. The van der Waals surface area contributed by atoms with E-state index in [4.69, 9.17) is 0 Å². The molecule has 3 nitrogen and oxygen atoms in total. The van der Waals surface area contributed by atoms with Crippen LogP contribution in [-0.2, 0) is 6.42 Å². The van der Waals surface area contributed by atoms with Gasteiger partial charge in [0.2, 0.25) is 0 Å². The molecule has 6 heteroatoms. The van der Waals surface area contributed by atoms with E-state index < -0.39 is 11.6 Å². The number of nitrogens with zero attached hydrogens (tertiary/aromatic N) is 2. The van der Waals surface area contributed by atoms with Gasteiger partial charge in [0, 0.05) is 24.2 Å². The lowest BCUT2D eigenvalue weighted by Gasteiger charge is -2.08. The summed E-state index contributed by atoms with van der Waals surface area (Å²) in [6.07, 6.45) is 1.66. The van der Waals surface area contributed by atoms with Crippen molar-refractivity contribution in [1.29, 1.82) is 0 Å². The van der Waals surface area contributed by atoms with Crippen LogP contribution >= 0.6 is 15.9 Å². The molecule has 0 saturated carbocycles. The van der Waals surface area contributed by atoms with Crippen LogP contribution in [0, 0.1) is 11.6 Å². The maximum Gasteiger partial charge on any atom is 0.135 e. The lowest BCUT2D eigenvalue weighted by atomic mass is 10.3. The average Bonchev–Trinajstić information content (AvgIpc) is 2.26. The number of hydrogen-bond acceptors (Lipinski definition) is 3. The van der Waals surface area contributed by atoms with Crippen molar-refractivity contribution in [2.75, 3.05) is 5.32 Å². The monoisotopic (exact) mass is 327 g/mol. The second-order valence-corrected chi connectivity index (χ2v) is 4.84. The fourth-order valence-electron chi connectivity index (χ4n) is 1.64. The molecule has 2 rings (SSSR count). The molecule has 0 aliphatic rings. The average molecular weight is 328 g/mol. The van der Waals surface area contributed by atoms with Gasteiger partial charge in [-0.3, -0.25) is 0 Å². The van der Waals surface area contributed by atoms with Gasteiger partial charge in [0.15, 0.2) is 0 Å². The molecule has 0 saturated heterocycles. The summed E-state index contributed by atoms with van der Waals surface area (Å²) in [5.74, 6) is -0.0969. The molecular formula is C13H12BrF2N3. The van der Waals surface area contributed by atoms with Crippen LogP contribution < -0.4 is 5.32 Å². The molecule has 1 heterocycles. The third kappa shape index (κ3) is 3.96. The number of halogens is 3. The van der Waals surface area contributed by atoms with Crippen molar-refractivity contribution >= 4 is 27.4 Å². The quantitative estimate of drug-likeness (QED) is 0.854. The van der Waals surface area contributed by atoms with E-state index in [0.717, 1.165) is 18.9 Å². The molecule has 0 aliphatic heterocycles. The zero-order chi connectivity index (χ0) is 13.8. The predicted octanol–water partition coefficient (Wildman–Crippen LogP) is 4.21. The summed E-state index contributed by atoms with van der Waals surface area (Å²) in [5.41, 5.74) is 0.311. The third-order valence-corrected chi connectivity index (χ3v) is 2.76. The Morgan fingerprint density at radius 3 is 2.42 bits per heavy atom. The van der Waals surface area contributed by atoms with Crippen LogP contribution in [0.3, 0.4) is 0 Å². The Morgan fingerprint density at radius 1 is 1.11 bits per heavy atom. The maximum atomic E-state index is 13.1. The largest absolute Gasteiger partial charge is 0.340 e. The second kappa shape index (κ2) is 6.06. The number of aromatic nitrogens is 2. The molecule has 19 heavy (non-hydrogen) atoms. The van der Waals surface area contributed by atoms with Crippen LogP contribution in [0.5, 0.6) is 0 Å². The highest BCUT2D eigenvalue weighted by atomic mass is 79.9. The molecule has 1 aromatic carbocycles. The Balaban J connectivity index is 2.27.